The molecule has 0 saturated carbocycles. The van der Waals surface area contributed by atoms with Crippen molar-refractivity contribution < 1.29 is 19.1 Å². The van der Waals surface area contributed by atoms with Gasteiger partial charge in [-0.15, -0.1) is 0 Å². The fraction of sp³-hybridized carbons (Fsp3) is 0.625. The third-order valence-corrected chi connectivity index (χ3v) is 1.61. The van der Waals surface area contributed by atoms with E-state index in [4.69, 9.17) is 11.5 Å². The largest absolute Gasteiger partial charge is 0.469 e. The Labute approximate surface area is 87.1 Å². The highest BCUT2D eigenvalue weighted by atomic mass is 16.5. The van der Waals surface area contributed by atoms with Crippen molar-refractivity contribution in [3.05, 3.63) is 0 Å². The van der Waals surface area contributed by atoms with Gasteiger partial charge in [-0.2, -0.15) is 0 Å². The minimum atomic E-state index is -0.972. The Hall–Kier alpha value is -1.63. The van der Waals surface area contributed by atoms with Crippen molar-refractivity contribution in [2.24, 2.45) is 11.5 Å². The minimum Gasteiger partial charge on any atom is -0.469 e. The van der Waals surface area contributed by atoms with Gasteiger partial charge in [-0.3, -0.25) is 14.4 Å². The lowest BCUT2D eigenvalue weighted by molar-refractivity contribution is -0.140. The third kappa shape index (κ3) is 6.44. The number of nitrogens with two attached hydrogens (primary N) is 2. The first-order valence-corrected chi connectivity index (χ1v) is 4.35. The quantitative estimate of drug-likeness (QED) is 0.438. The van der Waals surface area contributed by atoms with Crippen molar-refractivity contribution in [2.45, 2.75) is 18.9 Å². The summed E-state index contributed by atoms with van der Waals surface area (Å²) in [5, 5.41) is 2.38. The van der Waals surface area contributed by atoms with Crippen LogP contribution in [-0.4, -0.2) is 37.5 Å². The van der Waals surface area contributed by atoms with Crippen molar-refractivity contribution in [3.63, 3.8) is 0 Å². The summed E-state index contributed by atoms with van der Waals surface area (Å²) in [5.74, 6) is -1.60. The molecule has 1 unspecified atom stereocenters. The molecule has 86 valence electrons. The van der Waals surface area contributed by atoms with E-state index >= 15 is 0 Å². The molecule has 0 heterocycles. The van der Waals surface area contributed by atoms with E-state index in [1.807, 2.05) is 0 Å². The van der Waals surface area contributed by atoms with Crippen molar-refractivity contribution in [1.82, 2.24) is 5.32 Å². The van der Waals surface area contributed by atoms with Crippen LogP contribution in [0.4, 0.5) is 0 Å². The Bertz CT molecular complexity index is 254. The molecule has 15 heavy (non-hydrogen) atoms. The molecule has 0 rings (SSSR count). The summed E-state index contributed by atoms with van der Waals surface area (Å²) in [6, 6.07) is -0.972. The summed E-state index contributed by atoms with van der Waals surface area (Å²) in [4.78, 5) is 32.2. The Kier molecular flexibility index (Phi) is 6.03. The van der Waals surface area contributed by atoms with Crippen LogP contribution < -0.4 is 16.8 Å². The number of primary amides is 1. The molecule has 0 spiro atoms. The molecule has 5 N–H and O–H groups in total. The van der Waals surface area contributed by atoms with Crippen molar-refractivity contribution in [2.75, 3.05) is 13.7 Å². The van der Waals surface area contributed by atoms with Gasteiger partial charge in [0.1, 0.15) is 0 Å². The van der Waals surface area contributed by atoms with E-state index in [1.165, 1.54) is 7.11 Å². The van der Waals surface area contributed by atoms with Crippen LogP contribution >= 0.6 is 0 Å². The molecule has 0 aliphatic rings. The van der Waals surface area contributed by atoms with Crippen LogP contribution in [0.2, 0.25) is 0 Å². The second kappa shape index (κ2) is 6.77. The number of nitrogens with one attached hydrogen (secondary N) is 1. The number of amides is 2. The predicted octanol–water partition coefficient (Wildman–Crippen LogP) is -2.13. The van der Waals surface area contributed by atoms with E-state index in [9.17, 15) is 14.4 Å². The molecule has 0 aliphatic carbocycles. The van der Waals surface area contributed by atoms with E-state index < -0.39 is 23.8 Å². The molecule has 0 radical (unpaired) electrons. The van der Waals surface area contributed by atoms with Crippen molar-refractivity contribution in [3.8, 4) is 0 Å². The van der Waals surface area contributed by atoms with Gasteiger partial charge in [0.25, 0.3) is 0 Å². The number of rotatable bonds is 6. The SMILES string of the molecule is COC(=O)CCNC(=O)C(N)CC(N)=O. The Morgan fingerprint density at radius 3 is 2.47 bits per heavy atom. The highest BCUT2D eigenvalue weighted by Gasteiger charge is 2.15. The number of esters is 1. The highest BCUT2D eigenvalue weighted by molar-refractivity contribution is 5.87. The molecule has 7 heteroatoms. The van der Waals surface area contributed by atoms with Gasteiger partial charge in [0, 0.05) is 6.54 Å². The van der Waals surface area contributed by atoms with Gasteiger partial charge in [-0.1, -0.05) is 0 Å². The molecule has 0 aromatic heterocycles. The van der Waals surface area contributed by atoms with Gasteiger partial charge < -0.3 is 21.5 Å². The average molecular weight is 217 g/mol. The molecule has 7 nitrogen and oxygen atoms in total. The maximum absolute atomic E-state index is 11.2. The second-order valence-corrected chi connectivity index (χ2v) is 2.89. The molecule has 2 amide bonds. The van der Waals surface area contributed by atoms with Gasteiger partial charge >= 0.3 is 5.97 Å². The van der Waals surface area contributed by atoms with E-state index in [1.54, 1.807) is 0 Å². The normalized spacial score (nSPS) is 11.6. The number of carbonyl (C=O) groups excluding carboxylic acids is 3. The highest BCUT2D eigenvalue weighted by Crippen LogP contribution is 1.88. The van der Waals surface area contributed by atoms with E-state index in [2.05, 4.69) is 10.1 Å². The minimum absolute atomic E-state index is 0.0610. The van der Waals surface area contributed by atoms with Crippen LogP contribution in [0, 0.1) is 0 Å². The maximum atomic E-state index is 11.2. The third-order valence-electron chi connectivity index (χ3n) is 1.61. The van der Waals surface area contributed by atoms with Gasteiger partial charge in [-0.25, -0.2) is 0 Å². The zero-order valence-electron chi connectivity index (χ0n) is 8.49. The average Bonchev–Trinajstić information content (AvgIpc) is 2.16. The summed E-state index contributed by atoms with van der Waals surface area (Å²) in [6.07, 6.45) is -0.157. The number of ether oxygens (including phenoxy) is 1. The lowest BCUT2D eigenvalue weighted by atomic mass is 10.2. The molecule has 0 saturated heterocycles. The number of hydrogen-bond donors (Lipinski definition) is 3. The molecule has 0 aromatic rings. The first kappa shape index (κ1) is 13.4. The molecular formula is C8H15N3O4. The first-order chi connectivity index (χ1) is 6.97. The van der Waals surface area contributed by atoms with Gasteiger partial charge in [0.15, 0.2) is 0 Å². The first-order valence-electron chi connectivity index (χ1n) is 4.35. The molecule has 0 aliphatic heterocycles. The van der Waals surface area contributed by atoms with Crippen molar-refractivity contribution in [1.29, 1.82) is 0 Å². The van der Waals surface area contributed by atoms with Crippen LogP contribution in [0.1, 0.15) is 12.8 Å². The Morgan fingerprint density at radius 1 is 1.40 bits per heavy atom. The zero-order valence-corrected chi connectivity index (χ0v) is 8.49. The molecule has 0 aromatic carbocycles. The summed E-state index contributed by atoms with van der Waals surface area (Å²) in [5.41, 5.74) is 10.2. The fourth-order valence-electron chi connectivity index (χ4n) is 0.830. The number of carbonyl (C=O) groups is 3. The van der Waals surface area contributed by atoms with Gasteiger partial charge in [0.2, 0.25) is 11.8 Å². The predicted molar refractivity (Wildman–Crippen MR) is 51.4 cm³/mol. The lowest BCUT2D eigenvalue weighted by Gasteiger charge is -2.09. The second-order valence-electron chi connectivity index (χ2n) is 2.89. The molecule has 0 fully saturated rings. The zero-order chi connectivity index (χ0) is 11.8. The molecular weight excluding hydrogens is 202 g/mol. The van der Waals surface area contributed by atoms with Crippen LogP contribution in [0.3, 0.4) is 0 Å². The number of methoxy groups -OCH3 is 1. The Morgan fingerprint density at radius 2 is 2.00 bits per heavy atom. The lowest BCUT2D eigenvalue weighted by Crippen LogP contribution is -2.43. The van der Waals surface area contributed by atoms with Crippen LogP contribution in [0.15, 0.2) is 0 Å². The van der Waals surface area contributed by atoms with Crippen molar-refractivity contribution >= 4 is 17.8 Å². The van der Waals surface area contributed by atoms with Gasteiger partial charge in [-0.05, 0) is 0 Å². The fourth-order valence-corrected chi connectivity index (χ4v) is 0.830. The smallest absolute Gasteiger partial charge is 0.307 e. The van der Waals surface area contributed by atoms with Crippen LogP contribution in [0.5, 0.6) is 0 Å². The maximum Gasteiger partial charge on any atom is 0.307 e. The monoisotopic (exact) mass is 217 g/mol. The Balaban J connectivity index is 3.73. The van der Waals surface area contributed by atoms with E-state index in [-0.39, 0.29) is 19.4 Å². The molecule has 1 atom stereocenters. The van der Waals surface area contributed by atoms with Gasteiger partial charge in [0.05, 0.1) is 26.0 Å². The standard InChI is InChI=1S/C8H15N3O4/c1-15-7(13)2-3-11-8(14)5(9)4-6(10)12/h5H,2-4,9H2,1H3,(H2,10,12)(H,11,14). The number of hydrogen-bond acceptors (Lipinski definition) is 5. The topological polar surface area (TPSA) is 125 Å². The van der Waals surface area contributed by atoms with Crippen LogP contribution in [0.25, 0.3) is 0 Å². The van der Waals surface area contributed by atoms with Crippen LogP contribution in [-0.2, 0) is 19.1 Å². The summed E-state index contributed by atoms with van der Waals surface area (Å²) >= 11 is 0. The molecule has 0 bridgehead atoms. The van der Waals surface area contributed by atoms with E-state index in [0.717, 1.165) is 0 Å². The summed E-state index contributed by atoms with van der Waals surface area (Å²) in [6.45, 7) is 0.123. The van der Waals surface area contributed by atoms with E-state index in [0.29, 0.717) is 0 Å². The summed E-state index contributed by atoms with van der Waals surface area (Å²) < 4.78 is 4.36. The summed E-state index contributed by atoms with van der Waals surface area (Å²) in [7, 11) is 1.25.